The number of amides is 1. The smallest absolute Gasteiger partial charge is 0.305 e. The second-order valence-electron chi connectivity index (χ2n) is 4.05. The summed E-state index contributed by atoms with van der Waals surface area (Å²) >= 11 is 5.84. The predicted octanol–water partition coefficient (Wildman–Crippen LogP) is 2.38. The van der Waals surface area contributed by atoms with Crippen LogP contribution in [0.2, 0.25) is 5.02 Å². The van der Waals surface area contributed by atoms with E-state index in [-0.39, 0.29) is 17.0 Å². The highest BCUT2D eigenvalue weighted by atomic mass is 35.5. The number of carboxylic acids is 1. The third-order valence-electron chi connectivity index (χ3n) is 2.35. The zero-order chi connectivity index (χ0) is 13.9. The highest BCUT2D eigenvalue weighted by Crippen LogP contribution is 2.20. The predicted molar refractivity (Wildman–Crippen MR) is 65.3 cm³/mol. The monoisotopic (exact) mass is 273 g/mol. The molecule has 0 spiro atoms. The first-order chi connectivity index (χ1) is 8.31. The van der Waals surface area contributed by atoms with Gasteiger partial charge in [0, 0.05) is 6.04 Å². The molecule has 0 saturated carbocycles. The van der Waals surface area contributed by atoms with Gasteiger partial charge in [-0.1, -0.05) is 11.6 Å². The maximum Gasteiger partial charge on any atom is 0.305 e. The Morgan fingerprint density at radius 2 is 2.11 bits per heavy atom. The van der Waals surface area contributed by atoms with E-state index >= 15 is 0 Å². The molecular formula is C12H13ClFNO3. The average Bonchev–Trinajstić information content (AvgIpc) is 2.21. The first kappa shape index (κ1) is 14.4. The van der Waals surface area contributed by atoms with Crippen LogP contribution in [-0.2, 0) is 4.79 Å². The van der Waals surface area contributed by atoms with Gasteiger partial charge in [-0.25, -0.2) is 4.39 Å². The second kappa shape index (κ2) is 5.82. The lowest BCUT2D eigenvalue weighted by Crippen LogP contribution is -2.34. The molecule has 0 saturated heterocycles. The quantitative estimate of drug-likeness (QED) is 0.885. The van der Waals surface area contributed by atoms with Crippen molar-refractivity contribution >= 4 is 23.5 Å². The molecule has 0 fully saturated rings. The number of rotatable bonds is 4. The Kier molecular flexibility index (Phi) is 4.67. The highest BCUT2D eigenvalue weighted by molar-refractivity contribution is 6.33. The summed E-state index contributed by atoms with van der Waals surface area (Å²) < 4.78 is 13.3. The largest absolute Gasteiger partial charge is 0.481 e. The lowest BCUT2D eigenvalue weighted by atomic mass is 10.1. The molecular weight excluding hydrogens is 261 g/mol. The van der Waals surface area contributed by atoms with Gasteiger partial charge in [-0.05, 0) is 31.5 Å². The van der Waals surface area contributed by atoms with Gasteiger partial charge in [-0.2, -0.15) is 0 Å². The fourth-order valence-electron chi connectivity index (χ4n) is 1.43. The van der Waals surface area contributed by atoms with Crippen LogP contribution in [0.1, 0.15) is 29.3 Å². The Bertz CT molecular complexity index is 490. The third kappa shape index (κ3) is 3.70. The van der Waals surface area contributed by atoms with Crippen LogP contribution < -0.4 is 5.32 Å². The number of aliphatic carboxylic acids is 1. The summed E-state index contributed by atoms with van der Waals surface area (Å²) in [6.07, 6.45) is -0.211. The molecule has 0 bridgehead atoms. The minimum absolute atomic E-state index is 0.00277. The number of hydrogen-bond acceptors (Lipinski definition) is 2. The summed E-state index contributed by atoms with van der Waals surface area (Å²) in [5, 5.41) is 11.1. The molecule has 0 aromatic heterocycles. The van der Waals surface area contributed by atoms with Crippen molar-refractivity contribution in [1.29, 1.82) is 0 Å². The second-order valence-corrected chi connectivity index (χ2v) is 4.46. The van der Waals surface area contributed by atoms with Gasteiger partial charge >= 0.3 is 5.97 Å². The van der Waals surface area contributed by atoms with E-state index in [0.29, 0.717) is 5.56 Å². The standard InChI is InChI=1S/C12H13ClFNO3/c1-6-3-9(13)8(5-10(6)14)12(18)15-7(2)4-11(16)17/h3,5,7H,4H2,1-2H3,(H,15,18)(H,16,17). The van der Waals surface area contributed by atoms with E-state index in [1.807, 2.05) is 0 Å². The lowest BCUT2D eigenvalue weighted by molar-refractivity contribution is -0.137. The van der Waals surface area contributed by atoms with Crippen LogP contribution in [-0.4, -0.2) is 23.0 Å². The van der Waals surface area contributed by atoms with E-state index < -0.39 is 23.7 Å². The van der Waals surface area contributed by atoms with Crippen molar-refractivity contribution in [3.05, 3.63) is 34.1 Å². The Balaban J connectivity index is 2.85. The number of carbonyl (C=O) groups excluding carboxylic acids is 1. The Morgan fingerprint density at radius 1 is 1.50 bits per heavy atom. The fourth-order valence-corrected chi connectivity index (χ4v) is 1.74. The molecule has 98 valence electrons. The molecule has 0 radical (unpaired) electrons. The van der Waals surface area contributed by atoms with Gasteiger partial charge in [0.05, 0.1) is 17.0 Å². The van der Waals surface area contributed by atoms with Gasteiger partial charge in [-0.15, -0.1) is 0 Å². The topological polar surface area (TPSA) is 66.4 Å². The van der Waals surface area contributed by atoms with Crippen LogP contribution in [0, 0.1) is 12.7 Å². The number of aryl methyl sites for hydroxylation is 1. The molecule has 1 atom stereocenters. The van der Waals surface area contributed by atoms with E-state index in [0.717, 1.165) is 6.07 Å². The number of carboxylic acid groups (broad SMARTS) is 1. The van der Waals surface area contributed by atoms with Crippen LogP contribution >= 0.6 is 11.6 Å². The van der Waals surface area contributed by atoms with Gasteiger partial charge in [0.2, 0.25) is 0 Å². The van der Waals surface area contributed by atoms with Gasteiger partial charge in [0.25, 0.3) is 5.91 Å². The molecule has 2 N–H and O–H groups in total. The maximum atomic E-state index is 13.3. The van der Waals surface area contributed by atoms with E-state index in [1.54, 1.807) is 6.92 Å². The summed E-state index contributed by atoms with van der Waals surface area (Å²) in [4.78, 5) is 22.2. The average molecular weight is 274 g/mol. The summed E-state index contributed by atoms with van der Waals surface area (Å²) in [5.41, 5.74) is 0.340. The normalized spacial score (nSPS) is 12.0. The molecule has 6 heteroatoms. The van der Waals surface area contributed by atoms with Crippen molar-refractivity contribution in [2.24, 2.45) is 0 Å². The molecule has 0 aliphatic carbocycles. The van der Waals surface area contributed by atoms with Crippen molar-refractivity contribution < 1.29 is 19.1 Å². The lowest BCUT2D eigenvalue weighted by Gasteiger charge is -2.12. The molecule has 0 aliphatic rings. The molecule has 0 heterocycles. The zero-order valence-corrected chi connectivity index (χ0v) is 10.7. The number of halogens is 2. The van der Waals surface area contributed by atoms with Crippen molar-refractivity contribution in [3.63, 3.8) is 0 Å². The number of benzene rings is 1. The first-order valence-electron chi connectivity index (χ1n) is 5.29. The van der Waals surface area contributed by atoms with Crippen molar-refractivity contribution in [2.45, 2.75) is 26.3 Å². The minimum Gasteiger partial charge on any atom is -0.481 e. The van der Waals surface area contributed by atoms with Gasteiger partial charge < -0.3 is 10.4 Å². The van der Waals surface area contributed by atoms with Crippen molar-refractivity contribution in [3.8, 4) is 0 Å². The molecule has 4 nitrogen and oxygen atoms in total. The Morgan fingerprint density at radius 3 is 2.67 bits per heavy atom. The van der Waals surface area contributed by atoms with Crippen molar-refractivity contribution in [1.82, 2.24) is 5.32 Å². The van der Waals surface area contributed by atoms with Crippen molar-refractivity contribution in [2.75, 3.05) is 0 Å². The summed E-state index contributed by atoms with van der Waals surface area (Å²) in [6.45, 7) is 3.08. The van der Waals surface area contributed by atoms with E-state index in [4.69, 9.17) is 16.7 Å². The van der Waals surface area contributed by atoms with Crippen LogP contribution in [0.3, 0.4) is 0 Å². The van der Waals surface area contributed by atoms with Crippen LogP contribution in [0.15, 0.2) is 12.1 Å². The molecule has 1 aromatic rings. The molecule has 1 amide bonds. The molecule has 1 rings (SSSR count). The SMILES string of the molecule is Cc1cc(Cl)c(C(=O)NC(C)CC(=O)O)cc1F. The van der Waals surface area contributed by atoms with Gasteiger partial charge in [-0.3, -0.25) is 9.59 Å². The van der Waals surface area contributed by atoms with E-state index in [1.165, 1.54) is 13.0 Å². The summed E-state index contributed by atoms with van der Waals surface area (Å²) in [5.74, 6) is -2.15. The van der Waals surface area contributed by atoms with Crippen LogP contribution in [0.4, 0.5) is 4.39 Å². The zero-order valence-electron chi connectivity index (χ0n) is 9.96. The van der Waals surface area contributed by atoms with Gasteiger partial charge in [0.1, 0.15) is 5.82 Å². The molecule has 1 unspecified atom stereocenters. The Hall–Kier alpha value is -1.62. The maximum absolute atomic E-state index is 13.3. The summed E-state index contributed by atoms with van der Waals surface area (Å²) in [7, 11) is 0. The molecule has 18 heavy (non-hydrogen) atoms. The highest BCUT2D eigenvalue weighted by Gasteiger charge is 2.16. The summed E-state index contributed by atoms with van der Waals surface area (Å²) in [6, 6.07) is 1.84. The van der Waals surface area contributed by atoms with E-state index in [9.17, 15) is 14.0 Å². The van der Waals surface area contributed by atoms with E-state index in [2.05, 4.69) is 5.32 Å². The number of carbonyl (C=O) groups is 2. The molecule has 0 aliphatic heterocycles. The first-order valence-corrected chi connectivity index (χ1v) is 5.67. The van der Waals surface area contributed by atoms with Crippen LogP contribution in [0.5, 0.6) is 0 Å². The fraction of sp³-hybridized carbons (Fsp3) is 0.333. The third-order valence-corrected chi connectivity index (χ3v) is 2.66. The molecule has 1 aromatic carbocycles. The Labute approximate surface area is 109 Å². The number of nitrogens with one attached hydrogen (secondary N) is 1. The minimum atomic E-state index is -1.02. The number of hydrogen-bond donors (Lipinski definition) is 2. The van der Waals surface area contributed by atoms with Crippen LogP contribution in [0.25, 0.3) is 0 Å². The van der Waals surface area contributed by atoms with Gasteiger partial charge in [0.15, 0.2) is 0 Å².